The Morgan fingerprint density at radius 2 is 2.33 bits per heavy atom. The zero-order valence-corrected chi connectivity index (χ0v) is 8.32. The molecule has 1 aromatic heterocycles. The molecular formula is C7H6ClN3O4. The van der Waals surface area contributed by atoms with Gasteiger partial charge in [0.25, 0.3) is 0 Å². The number of nitrogen functional groups attached to an aromatic ring is 1. The number of nitrogens with zero attached hydrogens (tertiary/aromatic N) is 2. The number of nitro groups is 1. The fraction of sp³-hybridized carbons (Fsp3) is 0.143. The number of halogens is 1. The van der Waals surface area contributed by atoms with Crippen molar-refractivity contribution in [3.63, 3.8) is 0 Å². The smallest absolute Gasteiger partial charge is 0.341 e. The van der Waals surface area contributed by atoms with Crippen LogP contribution in [0.3, 0.4) is 0 Å². The highest BCUT2D eigenvalue weighted by molar-refractivity contribution is 6.32. The van der Waals surface area contributed by atoms with Gasteiger partial charge in [0.1, 0.15) is 11.3 Å². The second-order valence-corrected chi connectivity index (χ2v) is 2.83. The molecule has 7 nitrogen and oxygen atoms in total. The Morgan fingerprint density at radius 3 is 2.80 bits per heavy atom. The lowest BCUT2D eigenvalue weighted by Gasteiger charge is -2.04. The van der Waals surface area contributed by atoms with E-state index >= 15 is 0 Å². The van der Waals surface area contributed by atoms with Crippen molar-refractivity contribution >= 4 is 28.9 Å². The summed E-state index contributed by atoms with van der Waals surface area (Å²) in [5.41, 5.74) is 4.26. The minimum atomic E-state index is -0.808. The molecular weight excluding hydrogens is 226 g/mol. The van der Waals surface area contributed by atoms with Crippen molar-refractivity contribution in [2.45, 2.75) is 0 Å². The molecule has 0 unspecified atom stereocenters. The summed E-state index contributed by atoms with van der Waals surface area (Å²) >= 11 is 5.46. The number of methoxy groups -OCH3 is 1. The fourth-order valence-electron chi connectivity index (χ4n) is 0.937. The van der Waals surface area contributed by atoms with Crippen molar-refractivity contribution in [2.24, 2.45) is 0 Å². The van der Waals surface area contributed by atoms with Gasteiger partial charge in [-0.2, -0.15) is 0 Å². The lowest BCUT2D eigenvalue weighted by atomic mass is 10.2. The molecule has 0 aliphatic heterocycles. The monoisotopic (exact) mass is 231 g/mol. The van der Waals surface area contributed by atoms with Crippen molar-refractivity contribution in [1.82, 2.24) is 4.98 Å². The van der Waals surface area contributed by atoms with E-state index in [1.165, 1.54) is 0 Å². The largest absolute Gasteiger partial charge is 0.465 e. The second-order valence-electron chi connectivity index (χ2n) is 2.47. The number of carbonyl (C=O) groups excluding carboxylic acids is 1. The first kappa shape index (κ1) is 11.2. The van der Waals surface area contributed by atoms with Crippen LogP contribution in [0.25, 0.3) is 0 Å². The van der Waals surface area contributed by atoms with Crippen LogP contribution in [-0.2, 0) is 4.74 Å². The van der Waals surface area contributed by atoms with Gasteiger partial charge in [-0.25, -0.2) is 9.78 Å². The second kappa shape index (κ2) is 4.09. The number of hydrogen-bond acceptors (Lipinski definition) is 6. The van der Waals surface area contributed by atoms with Crippen LogP contribution in [-0.4, -0.2) is 23.0 Å². The zero-order chi connectivity index (χ0) is 11.6. The summed E-state index contributed by atoms with van der Waals surface area (Å²) in [7, 11) is 1.13. The molecule has 8 heteroatoms. The molecule has 80 valence electrons. The molecule has 0 aliphatic carbocycles. The van der Waals surface area contributed by atoms with Gasteiger partial charge in [-0.1, -0.05) is 11.6 Å². The number of aromatic nitrogens is 1. The summed E-state index contributed by atoms with van der Waals surface area (Å²) in [5, 5.41) is 10.2. The van der Waals surface area contributed by atoms with E-state index in [0.29, 0.717) is 0 Å². The Hall–Kier alpha value is -1.89. The topological polar surface area (TPSA) is 108 Å². The number of rotatable bonds is 2. The van der Waals surface area contributed by atoms with Gasteiger partial charge in [0.05, 0.1) is 12.0 Å². The van der Waals surface area contributed by atoms with Crippen LogP contribution < -0.4 is 5.73 Å². The number of esters is 1. The minimum absolute atomic E-state index is 0.186. The molecule has 0 aliphatic rings. The maximum Gasteiger partial charge on any atom is 0.341 e. The Morgan fingerprint density at radius 1 is 1.73 bits per heavy atom. The summed E-state index contributed by atoms with van der Waals surface area (Å²) in [5.74, 6) is -0.806. The van der Waals surface area contributed by atoms with Crippen molar-refractivity contribution in [1.29, 1.82) is 0 Å². The third-order valence-electron chi connectivity index (χ3n) is 1.64. The molecule has 0 saturated carbocycles. The number of carbonyl (C=O) groups is 1. The molecule has 0 fully saturated rings. The average molecular weight is 232 g/mol. The van der Waals surface area contributed by atoms with Crippen molar-refractivity contribution in [3.05, 3.63) is 27.0 Å². The first-order valence-electron chi connectivity index (χ1n) is 3.65. The molecule has 15 heavy (non-hydrogen) atoms. The van der Waals surface area contributed by atoms with Gasteiger partial charge in [0.2, 0.25) is 5.15 Å². The van der Waals surface area contributed by atoms with Gasteiger partial charge >= 0.3 is 11.7 Å². The first-order chi connectivity index (χ1) is 6.99. The predicted octanol–water partition coefficient (Wildman–Crippen LogP) is 1.01. The summed E-state index contributed by atoms with van der Waals surface area (Å²) in [6.07, 6.45) is 1.02. The third kappa shape index (κ3) is 1.96. The summed E-state index contributed by atoms with van der Waals surface area (Å²) in [4.78, 5) is 24.3. The van der Waals surface area contributed by atoms with Gasteiger partial charge < -0.3 is 10.5 Å². The van der Waals surface area contributed by atoms with Gasteiger partial charge in [0.15, 0.2) is 0 Å². The van der Waals surface area contributed by atoms with E-state index in [4.69, 9.17) is 17.3 Å². The molecule has 0 amide bonds. The Bertz CT molecular complexity index is 434. The Balaban J connectivity index is 3.41. The van der Waals surface area contributed by atoms with Crippen molar-refractivity contribution in [2.75, 3.05) is 12.8 Å². The quantitative estimate of drug-likeness (QED) is 0.352. The highest BCUT2D eigenvalue weighted by atomic mass is 35.5. The maximum absolute atomic E-state index is 11.1. The molecule has 1 aromatic rings. The highest BCUT2D eigenvalue weighted by Gasteiger charge is 2.24. The van der Waals surface area contributed by atoms with Crippen LogP contribution in [0.2, 0.25) is 5.15 Å². The third-order valence-corrected chi connectivity index (χ3v) is 1.91. The van der Waals surface area contributed by atoms with Crippen molar-refractivity contribution < 1.29 is 14.5 Å². The van der Waals surface area contributed by atoms with Gasteiger partial charge in [-0.3, -0.25) is 10.1 Å². The van der Waals surface area contributed by atoms with Crippen LogP contribution in [0, 0.1) is 10.1 Å². The van der Waals surface area contributed by atoms with E-state index in [9.17, 15) is 14.9 Å². The number of hydrogen-bond donors (Lipinski definition) is 1. The molecule has 0 bridgehead atoms. The number of nitrogens with two attached hydrogens (primary N) is 1. The number of pyridine rings is 1. The Labute approximate surface area is 89.0 Å². The fourth-order valence-corrected chi connectivity index (χ4v) is 1.16. The summed E-state index contributed by atoms with van der Waals surface area (Å²) < 4.78 is 4.37. The molecule has 2 N–H and O–H groups in total. The van der Waals surface area contributed by atoms with E-state index in [1.54, 1.807) is 0 Å². The first-order valence-corrected chi connectivity index (χ1v) is 4.03. The van der Waals surface area contributed by atoms with E-state index < -0.39 is 16.6 Å². The average Bonchev–Trinajstić information content (AvgIpc) is 2.16. The van der Waals surface area contributed by atoms with Gasteiger partial charge in [-0.05, 0) is 0 Å². The minimum Gasteiger partial charge on any atom is -0.465 e. The summed E-state index contributed by atoms with van der Waals surface area (Å²) in [6, 6.07) is 0. The van der Waals surface area contributed by atoms with Crippen molar-refractivity contribution in [3.8, 4) is 0 Å². The van der Waals surface area contributed by atoms with Crippen LogP contribution in [0.15, 0.2) is 6.20 Å². The normalized spacial score (nSPS) is 9.73. The lowest BCUT2D eigenvalue weighted by molar-refractivity contribution is -0.384. The standard InChI is InChI=1S/C7H6ClN3O4/c1-15-7(12)3-2-10-6(8)5(4(3)9)11(13)14/h2H,1H3,(H2,9,10). The molecule has 0 saturated heterocycles. The van der Waals surface area contributed by atoms with Crippen LogP contribution >= 0.6 is 11.6 Å². The summed E-state index contributed by atoms with van der Waals surface area (Å²) in [6.45, 7) is 0. The van der Waals surface area contributed by atoms with Crippen LogP contribution in [0.5, 0.6) is 0 Å². The lowest BCUT2D eigenvalue weighted by Crippen LogP contribution is -2.09. The molecule has 1 rings (SSSR count). The van der Waals surface area contributed by atoms with Crippen LogP contribution in [0.4, 0.5) is 11.4 Å². The molecule has 1 heterocycles. The van der Waals surface area contributed by atoms with Gasteiger partial charge in [-0.15, -0.1) is 0 Å². The Kier molecular flexibility index (Phi) is 3.05. The van der Waals surface area contributed by atoms with E-state index in [1.807, 2.05) is 0 Å². The zero-order valence-electron chi connectivity index (χ0n) is 7.56. The highest BCUT2D eigenvalue weighted by Crippen LogP contribution is 2.31. The van der Waals surface area contributed by atoms with E-state index in [0.717, 1.165) is 13.3 Å². The van der Waals surface area contributed by atoms with Crippen LogP contribution in [0.1, 0.15) is 10.4 Å². The van der Waals surface area contributed by atoms with E-state index in [2.05, 4.69) is 9.72 Å². The van der Waals surface area contributed by atoms with Gasteiger partial charge in [0, 0.05) is 6.20 Å². The number of ether oxygens (including phenoxy) is 1. The maximum atomic E-state index is 11.1. The molecule has 0 aromatic carbocycles. The predicted molar refractivity (Wildman–Crippen MR) is 51.7 cm³/mol. The molecule has 0 radical (unpaired) electrons. The molecule has 0 atom stereocenters. The number of anilines is 1. The van der Waals surface area contributed by atoms with E-state index in [-0.39, 0.29) is 16.4 Å². The SMILES string of the molecule is COC(=O)c1cnc(Cl)c([N+](=O)[O-])c1N. The molecule has 0 spiro atoms.